The topological polar surface area (TPSA) is 71.1 Å². The molecule has 0 aliphatic heterocycles. The summed E-state index contributed by atoms with van der Waals surface area (Å²) in [5.74, 6) is 2.37. The number of rotatable bonds is 6. The molecule has 5 aromatic rings. The van der Waals surface area contributed by atoms with E-state index >= 15 is 0 Å². The quantitative estimate of drug-likeness (QED) is 0.295. The molecule has 34 heavy (non-hydrogen) atoms. The van der Waals surface area contributed by atoms with Crippen molar-refractivity contribution < 1.29 is 9.15 Å². The highest BCUT2D eigenvalue weighted by molar-refractivity contribution is 5.94. The van der Waals surface area contributed by atoms with E-state index in [1.807, 2.05) is 78.9 Å². The van der Waals surface area contributed by atoms with Crippen LogP contribution in [-0.4, -0.2) is 4.98 Å². The highest BCUT2D eigenvalue weighted by Crippen LogP contribution is 2.31. The third-order valence-corrected chi connectivity index (χ3v) is 5.84. The van der Waals surface area contributed by atoms with Crippen LogP contribution in [0.3, 0.4) is 0 Å². The van der Waals surface area contributed by atoms with E-state index in [9.17, 15) is 5.26 Å². The van der Waals surface area contributed by atoms with E-state index in [0.717, 1.165) is 33.4 Å². The number of aryl methyl sites for hydroxylation is 2. The number of nitrogens with zero attached hydrogens (tertiary/aromatic N) is 2. The standard InChI is InChI=1S/C29H23N3O2/c1-19-10-13-24(16-20(19)2)33-23-14-11-21(12-15-23)18-31-29-27(17-30)32-28(34-29)26-9-5-7-22-6-3-4-8-25(22)26/h3-16,31H,18H2,1-2H3. The van der Waals surface area contributed by atoms with Gasteiger partial charge in [-0.05, 0) is 71.6 Å². The van der Waals surface area contributed by atoms with Gasteiger partial charge in [-0.15, -0.1) is 0 Å². The van der Waals surface area contributed by atoms with Crippen molar-refractivity contribution in [3.8, 4) is 29.0 Å². The van der Waals surface area contributed by atoms with Gasteiger partial charge in [0.25, 0.3) is 0 Å². The molecule has 1 heterocycles. The van der Waals surface area contributed by atoms with E-state index < -0.39 is 0 Å². The number of ether oxygens (including phenoxy) is 1. The van der Waals surface area contributed by atoms with E-state index in [1.165, 1.54) is 11.1 Å². The number of hydrogen-bond donors (Lipinski definition) is 1. The predicted molar refractivity (Wildman–Crippen MR) is 134 cm³/mol. The zero-order valence-corrected chi connectivity index (χ0v) is 19.0. The zero-order chi connectivity index (χ0) is 23.5. The number of fused-ring (bicyclic) bond motifs is 1. The maximum atomic E-state index is 9.57. The van der Waals surface area contributed by atoms with E-state index in [2.05, 4.69) is 36.3 Å². The molecule has 5 rings (SSSR count). The minimum absolute atomic E-state index is 0.234. The first-order valence-corrected chi connectivity index (χ1v) is 11.1. The second kappa shape index (κ2) is 9.13. The fourth-order valence-corrected chi connectivity index (χ4v) is 3.81. The van der Waals surface area contributed by atoms with Gasteiger partial charge >= 0.3 is 0 Å². The van der Waals surface area contributed by atoms with Gasteiger partial charge in [0.2, 0.25) is 17.5 Å². The van der Waals surface area contributed by atoms with Crippen LogP contribution in [0.2, 0.25) is 0 Å². The minimum Gasteiger partial charge on any atom is -0.457 e. The normalized spacial score (nSPS) is 10.7. The Morgan fingerprint density at radius 2 is 1.65 bits per heavy atom. The molecular formula is C29H23N3O2. The second-order valence-corrected chi connectivity index (χ2v) is 8.18. The van der Waals surface area contributed by atoms with Crippen LogP contribution in [0, 0.1) is 25.2 Å². The van der Waals surface area contributed by atoms with Gasteiger partial charge in [0.15, 0.2) is 0 Å². The molecule has 0 radical (unpaired) electrons. The number of nitriles is 1. The molecule has 5 nitrogen and oxygen atoms in total. The molecule has 0 aliphatic rings. The summed E-state index contributed by atoms with van der Waals surface area (Å²) in [7, 11) is 0. The highest BCUT2D eigenvalue weighted by atomic mass is 16.5. The van der Waals surface area contributed by atoms with Crippen LogP contribution < -0.4 is 10.1 Å². The van der Waals surface area contributed by atoms with Crippen LogP contribution >= 0.6 is 0 Å². The summed E-state index contributed by atoms with van der Waals surface area (Å²) in [5.41, 5.74) is 4.55. The van der Waals surface area contributed by atoms with Gasteiger partial charge in [0, 0.05) is 12.1 Å². The molecule has 0 unspecified atom stereocenters. The van der Waals surface area contributed by atoms with E-state index in [1.54, 1.807) is 0 Å². The van der Waals surface area contributed by atoms with Gasteiger partial charge in [-0.1, -0.05) is 54.6 Å². The largest absolute Gasteiger partial charge is 0.457 e. The summed E-state index contributed by atoms with van der Waals surface area (Å²) in [6.45, 7) is 4.64. The van der Waals surface area contributed by atoms with Gasteiger partial charge in [-0.25, -0.2) is 0 Å². The lowest BCUT2D eigenvalue weighted by molar-refractivity contribution is 0.482. The van der Waals surface area contributed by atoms with Gasteiger partial charge in [-0.2, -0.15) is 10.2 Å². The molecule has 4 aromatic carbocycles. The fraction of sp³-hybridized carbons (Fsp3) is 0.103. The van der Waals surface area contributed by atoms with Crippen LogP contribution in [0.1, 0.15) is 22.4 Å². The molecular weight excluding hydrogens is 422 g/mol. The monoisotopic (exact) mass is 445 g/mol. The molecule has 0 aliphatic carbocycles. The summed E-state index contributed by atoms with van der Waals surface area (Å²) in [6.07, 6.45) is 0. The second-order valence-electron chi connectivity index (χ2n) is 8.18. The number of anilines is 1. The third-order valence-electron chi connectivity index (χ3n) is 5.84. The first-order chi connectivity index (χ1) is 16.6. The minimum atomic E-state index is 0.234. The maximum absolute atomic E-state index is 9.57. The Balaban J connectivity index is 1.31. The van der Waals surface area contributed by atoms with Crippen molar-refractivity contribution in [3.63, 3.8) is 0 Å². The van der Waals surface area contributed by atoms with Crippen LogP contribution in [0.15, 0.2) is 89.3 Å². The highest BCUT2D eigenvalue weighted by Gasteiger charge is 2.16. The van der Waals surface area contributed by atoms with E-state index in [-0.39, 0.29) is 5.69 Å². The Morgan fingerprint density at radius 3 is 2.44 bits per heavy atom. The molecule has 166 valence electrons. The van der Waals surface area contributed by atoms with Crippen molar-refractivity contribution >= 4 is 16.7 Å². The lowest BCUT2D eigenvalue weighted by atomic mass is 10.0. The Kier molecular flexibility index (Phi) is 5.72. The van der Waals surface area contributed by atoms with Crippen molar-refractivity contribution in [2.45, 2.75) is 20.4 Å². The van der Waals surface area contributed by atoms with E-state index in [0.29, 0.717) is 18.3 Å². The summed E-state index contributed by atoms with van der Waals surface area (Å²) in [4.78, 5) is 4.43. The fourth-order valence-electron chi connectivity index (χ4n) is 3.81. The van der Waals surface area contributed by atoms with Gasteiger partial charge in [0.1, 0.15) is 17.6 Å². The van der Waals surface area contributed by atoms with Crippen molar-refractivity contribution in [2.75, 3.05) is 5.32 Å². The molecule has 1 aromatic heterocycles. The van der Waals surface area contributed by atoms with Crippen LogP contribution in [0.25, 0.3) is 22.2 Å². The number of oxazole rings is 1. The van der Waals surface area contributed by atoms with Crippen molar-refractivity contribution in [1.29, 1.82) is 5.26 Å². The number of aromatic nitrogens is 1. The first-order valence-electron chi connectivity index (χ1n) is 11.1. The lowest BCUT2D eigenvalue weighted by Crippen LogP contribution is -1.99. The molecule has 0 saturated heterocycles. The van der Waals surface area contributed by atoms with Crippen LogP contribution in [0.4, 0.5) is 5.88 Å². The van der Waals surface area contributed by atoms with Crippen LogP contribution in [0.5, 0.6) is 11.5 Å². The average molecular weight is 446 g/mol. The molecule has 0 spiro atoms. The molecule has 1 N–H and O–H groups in total. The molecule has 0 fully saturated rings. The van der Waals surface area contributed by atoms with Gasteiger partial charge < -0.3 is 14.5 Å². The molecule has 0 amide bonds. The third kappa shape index (κ3) is 4.35. The van der Waals surface area contributed by atoms with Crippen LogP contribution in [-0.2, 0) is 6.54 Å². The SMILES string of the molecule is Cc1ccc(Oc2ccc(CNc3oc(-c4cccc5ccccc45)nc3C#N)cc2)cc1C. The number of nitrogens with one attached hydrogen (secondary N) is 1. The molecule has 0 atom stereocenters. The molecule has 0 bridgehead atoms. The lowest BCUT2D eigenvalue weighted by Gasteiger charge is -2.09. The number of benzene rings is 4. The van der Waals surface area contributed by atoms with Crippen molar-refractivity contribution in [3.05, 3.63) is 107 Å². The van der Waals surface area contributed by atoms with Gasteiger partial charge in [-0.3, -0.25) is 0 Å². The Hall–Kier alpha value is -4.56. The van der Waals surface area contributed by atoms with Crippen molar-refractivity contribution in [1.82, 2.24) is 4.98 Å². The Labute approximate surface area is 198 Å². The summed E-state index contributed by atoms with van der Waals surface area (Å²) >= 11 is 0. The van der Waals surface area contributed by atoms with Crippen molar-refractivity contribution in [2.24, 2.45) is 0 Å². The van der Waals surface area contributed by atoms with Gasteiger partial charge in [0.05, 0.1) is 0 Å². The Morgan fingerprint density at radius 1 is 0.882 bits per heavy atom. The molecule has 5 heteroatoms. The summed E-state index contributed by atoms with van der Waals surface area (Å²) in [6, 6.07) is 30.0. The smallest absolute Gasteiger partial charge is 0.232 e. The zero-order valence-electron chi connectivity index (χ0n) is 19.0. The number of hydrogen-bond acceptors (Lipinski definition) is 5. The average Bonchev–Trinajstić information content (AvgIpc) is 3.28. The van der Waals surface area contributed by atoms with E-state index in [4.69, 9.17) is 9.15 Å². The summed E-state index contributed by atoms with van der Waals surface area (Å²) < 4.78 is 11.9. The summed E-state index contributed by atoms with van der Waals surface area (Å²) in [5, 5.41) is 14.9. The maximum Gasteiger partial charge on any atom is 0.232 e. The Bertz CT molecular complexity index is 1510. The predicted octanol–water partition coefficient (Wildman–Crippen LogP) is 7.39. The first kappa shape index (κ1) is 21.3. The molecule has 0 saturated carbocycles.